The van der Waals surface area contributed by atoms with Crippen molar-refractivity contribution in [3.63, 3.8) is 0 Å². The van der Waals surface area contributed by atoms with Gasteiger partial charge in [0.05, 0.1) is 0 Å². The molecule has 1 fully saturated rings. The number of hydrogen-bond donors (Lipinski definition) is 1. The normalized spacial score (nSPS) is 28.2. The van der Waals surface area contributed by atoms with Crippen LogP contribution in [0.15, 0.2) is 0 Å². The molecule has 1 aliphatic heterocycles. The fourth-order valence-electron chi connectivity index (χ4n) is 1.86. The first kappa shape index (κ1) is 11.3. The molecule has 13 heavy (non-hydrogen) atoms. The number of hydrogen-bond acceptors (Lipinski definition) is 3. The molecule has 2 unspecified atom stereocenters. The first-order chi connectivity index (χ1) is 6.38. The standard InChI is InChI=1S/C10H21NOS/c1-11-10-8-13-7-9(10)5-3-4-6-12-2/h9-11H,3-8H2,1-2H3. The smallest absolute Gasteiger partial charge is 0.0462 e. The van der Waals surface area contributed by atoms with Crippen LogP contribution in [-0.4, -0.2) is 38.3 Å². The van der Waals surface area contributed by atoms with Crippen LogP contribution in [0.1, 0.15) is 19.3 Å². The van der Waals surface area contributed by atoms with Crippen LogP contribution in [0.5, 0.6) is 0 Å². The Kier molecular flexibility index (Phi) is 5.83. The first-order valence-electron chi connectivity index (χ1n) is 5.12. The summed E-state index contributed by atoms with van der Waals surface area (Å²) in [7, 11) is 3.86. The molecule has 1 N–H and O–H groups in total. The summed E-state index contributed by atoms with van der Waals surface area (Å²) < 4.78 is 5.04. The van der Waals surface area contributed by atoms with Gasteiger partial charge in [-0.1, -0.05) is 6.42 Å². The van der Waals surface area contributed by atoms with Gasteiger partial charge in [-0.3, -0.25) is 0 Å². The van der Waals surface area contributed by atoms with Crippen LogP contribution in [-0.2, 0) is 4.74 Å². The number of ether oxygens (including phenoxy) is 1. The summed E-state index contributed by atoms with van der Waals surface area (Å²) in [5.41, 5.74) is 0. The van der Waals surface area contributed by atoms with Crippen LogP contribution in [0.25, 0.3) is 0 Å². The van der Waals surface area contributed by atoms with E-state index in [1.807, 2.05) is 0 Å². The zero-order chi connectivity index (χ0) is 9.52. The lowest BCUT2D eigenvalue weighted by Gasteiger charge is -2.17. The molecule has 1 rings (SSSR count). The molecule has 1 heterocycles. The van der Waals surface area contributed by atoms with Gasteiger partial charge in [0, 0.05) is 25.5 Å². The molecule has 0 bridgehead atoms. The van der Waals surface area contributed by atoms with Crippen LogP contribution in [0, 0.1) is 5.92 Å². The van der Waals surface area contributed by atoms with E-state index < -0.39 is 0 Å². The van der Waals surface area contributed by atoms with Crippen molar-refractivity contribution in [2.75, 3.05) is 32.3 Å². The van der Waals surface area contributed by atoms with E-state index in [1.54, 1.807) is 7.11 Å². The zero-order valence-corrected chi connectivity index (χ0v) is 9.53. The monoisotopic (exact) mass is 203 g/mol. The average molecular weight is 203 g/mol. The second-order valence-corrected chi connectivity index (χ2v) is 4.76. The van der Waals surface area contributed by atoms with Gasteiger partial charge in [-0.2, -0.15) is 11.8 Å². The minimum atomic E-state index is 0.757. The average Bonchev–Trinajstić information content (AvgIpc) is 2.60. The molecule has 0 aromatic carbocycles. The van der Waals surface area contributed by atoms with E-state index >= 15 is 0 Å². The maximum Gasteiger partial charge on any atom is 0.0462 e. The molecule has 0 radical (unpaired) electrons. The predicted octanol–water partition coefficient (Wildman–Crippen LogP) is 1.75. The fourth-order valence-corrected chi connectivity index (χ4v) is 3.39. The third-order valence-corrected chi connectivity index (χ3v) is 4.00. The maximum atomic E-state index is 5.04. The maximum absolute atomic E-state index is 5.04. The molecule has 0 amide bonds. The third-order valence-electron chi connectivity index (χ3n) is 2.74. The van der Waals surface area contributed by atoms with Gasteiger partial charge >= 0.3 is 0 Å². The molecule has 0 saturated carbocycles. The molecular weight excluding hydrogens is 182 g/mol. The summed E-state index contributed by atoms with van der Waals surface area (Å²) in [6.07, 6.45) is 3.90. The lowest BCUT2D eigenvalue weighted by atomic mass is 9.97. The molecule has 3 heteroatoms. The Labute approximate surface area is 85.8 Å². The summed E-state index contributed by atoms with van der Waals surface area (Å²) in [5, 5.41) is 3.40. The molecule has 0 aromatic heterocycles. The zero-order valence-electron chi connectivity index (χ0n) is 8.71. The SMILES string of the molecule is CNC1CSCC1CCCCOC. The predicted molar refractivity (Wildman–Crippen MR) is 59.4 cm³/mol. The minimum absolute atomic E-state index is 0.757. The quantitative estimate of drug-likeness (QED) is 0.665. The van der Waals surface area contributed by atoms with Crippen molar-refractivity contribution < 1.29 is 4.74 Å². The van der Waals surface area contributed by atoms with Gasteiger partial charge in [-0.05, 0) is 31.6 Å². The van der Waals surface area contributed by atoms with Crippen molar-refractivity contribution in [2.24, 2.45) is 5.92 Å². The minimum Gasteiger partial charge on any atom is -0.385 e. The number of unbranched alkanes of at least 4 members (excludes halogenated alkanes) is 1. The van der Waals surface area contributed by atoms with Crippen LogP contribution in [0.3, 0.4) is 0 Å². The van der Waals surface area contributed by atoms with Crippen molar-refractivity contribution in [1.29, 1.82) is 0 Å². The fraction of sp³-hybridized carbons (Fsp3) is 1.00. The highest BCUT2D eigenvalue weighted by Gasteiger charge is 2.25. The van der Waals surface area contributed by atoms with E-state index in [4.69, 9.17) is 4.74 Å². The van der Waals surface area contributed by atoms with Crippen LogP contribution in [0.4, 0.5) is 0 Å². The van der Waals surface area contributed by atoms with E-state index in [9.17, 15) is 0 Å². The lowest BCUT2D eigenvalue weighted by Crippen LogP contribution is -2.32. The second-order valence-electron chi connectivity index (χ2n) is 3.68. The van der Waals surface area contributed by atoms with Gasteiger partial charge < -0.3 is 10.1 Å². The van der Waals surface area contributed by atoms with Gasteiger partial charge in [0.25, 0.3) is 0 Å². The number of methoxy groups -OCH3 is 1. The Hall–Kier alpha value is 0.270. The summed E-state index contributed by atoms with van der Waals surface area (Å²) >= 11 is 2.08. The third kappa shape index (κ3) is 3.88. The van der Waals surface area contributed by atoms with Crippen LogP contribution in [0.2, 0.25) is 0 Å². The summed E-state index contributed by atoms with van der Waals surface area (Å²) in [4.78, 5) is 0. The topological polar surface area (TPSA) is 21.3 Å². The highest BCUT2D eigenvalue weighted by molar-refractivity contribution is 7.99. The first-order valence-corrected chi connectivity index (χ1v) is 6.28. The van der Waals surface area contributed by atoms with Gasteiger partial charge in [0.2, 0.25) is 0 Å². The number of rotatable bonds is 6. The van der Waals surface area contributed by atoms with E-state index in [0.29, 0.717) is 0 Å². The highest BCUT2D eigenvalue weighted by Crippen LogP contribution is 2.27. The highest BCUT2D eigenvalue weighted by atomic mass is 32.2. The molecular formula is C10H21NOS. The Bertz CT molecular complexity index is 132. The van der Waals surface area contributed by atoms with Crippen molar-refractivity contribution in [2.45, 2.75) is 25.3 Å². The van der Waals surface area contributed by atoms with E-state index in [2.05, 4.69) is 24.1 Å². The molecule has 2 nitrogen and oxygen atoms in total. The molecule has 1 aliphatic rings. The summed E-state index contributed by atoms with van der Waals surface area (Å²) in [6.45, 7) is 0.921. The number of thioether (sulfide) groups is 1. The molecule has 2 atom stereocenters. The number of nitrogens with one attached hydrogen (secondary N) is 1. The molecule has 0 aliphatic carbocycles. The van der Waals surface area contributed by atoms with E-state index in [1.165, 1.54) is 30.8 Å². The van der Waals surface area contributed by atoms with Gasteiger partial charge in [-0.25, -0.2) is 0 Å². The summed E-state index contributed by atoms with van der Waals surface area (Å²) in [5.74, 6) is 3.54. The van der Waals surface area contributed by atoms with Crippen molar-refractivity contribution in [3.05, 3.63) is 0 Å². The van der Waals surface area contributed by atoms with Crippen LogP contribution >= 0.6 is 11.8 Å². The Balaban J connectivity index is 2.06. The molecule has 78 valence electrons. The molecule has 0 aromatic rings. The van der Waals surface area contributed by atoms with Gasteiger partial charge in [0.15, 0.2) is 0 Å². The Morgan fingerprint density at radius 1 is 1.38 bits per heavy atom. The van der Waals surface area contributed by atoms with Crippen molar-refractivity contribution >= 4 is 11.8 Å². The largest absolute Gasteiger partial charge is 0.385 e. The summed E-state index contributed by atoms with van der Waals surface area (Å²) in [6, 6.07) is 0.757. The lowest BCUT2D eigenvalue weighted by molar-refractivity contribution is 0.190. The van der Waals surface area contributed by atoms with Crippen molar-refractivity contribution in [3.8, 4) is 0 Å². The molecule has 1 saturated heterocycles. The second kappa shape index (κ2) is 6.68. The van der Waals surface area contributed by atoms with Crippen molar-refractivity contribution in [1.82, 2.24) is 5.32 Å². The Morgan fingerprint density at radius 3 is 2.92 bits per heavy atom. The van der Waals surface area contributed by atoms with Crippen LogP contribution < -0.4 is 5.32 Å². The van der Waals surface area contributed by atoms with E-state index in [-0.39, 0.29) is 0 Å². The van der Waals surface area contributed by atoms with Gasteiger partial charge in [0.1, 0.15) is 0 Å². The van der Waals surface area contributed by atoms with Gasteiger partial charge in [-0.15, -0.1) is 0 Å². The Morgan fingerprint density at radius 2 is 2.23 bits per heavy atom. The molecule has 0 spiro atoms. The van der Waals surface area contributed by atoms with E-state index in [0.717, 1.165) is 18.6 Å².